The topological polar surface area (TPSA) is 70.1 Å². The number of amides is 1. The maximum Gasteiger partial charge on any atom is 0.264 e. The molecule has 0 aliphatic carbocycles. The lowest BCUT2D eigenvalue weighted by Gasteiger charge is -1.97. The first-order valence-corrected chi connectivity index (χ1v) is 6.88. The van der Waals surface area contributed by atoms with E-state index in [1.165, 1.54) is 11.8 Å². The number of carbonyl (C=O) groups excluding carboxylic acids is 1. The normalized spacial score (nSPS) is 18.8. The van der Waals surface area contributed by atoms with Gasteiger partial charge in [-0.25, -0.2) is 9.98 Å². The first kappa shape index (κ1) is 12.7. The smallest absolute Gasteiger partial charge is 0.264 e. The maximum atomic E-state index is 11.8. The highest BCUT2D eigenvalue weighted by Gasteiger charge is 2.24. The summed E-state index contributed by atoms with van der Waals surface area (Å²) in [6.07, 6.45) is 5.07. The molecule has 2 N–H and O–H groups in total. The first-order valence-electron chi connectivity index (χ1n) is 6.06. The molecule has 100 valence electrons. The Bertz CT molecular complexity index is 704. The number of nitrogens with one attached hydrogen (secondary N) is 2. The van der Waals surface area contributed by atoms with Crippen LogP contribution in [0.2, 0.25) is 0 Å². The van der Waals surface area contributed by atoms with Crippen molar-refractivity contribution in [2.45, 2.75) is 6.92 Å². The Morgan fingerprint density at radius 2 is 2.30 bits per heavy atom. The lowest BCUT2D eigenvalue weighted by atomic mass is 10.2. The lowest BCUT2D eigenvalue weighted by molar-refractivity contribution is -0.115. The monoisotopic (exact) mass is 284 g/mol. The van der Waals surface area contributed by atoms with E-state index in [2.05, 4.69) is 20.3 Å². The number of hydrogen-bond donors (Lipinski definition) is 2. The summed E-state index contributed by atoms with van der Waals surface area (Å²) in [5.74, 6) is 0.497. The Hall–Kier alpha value is -2.34. The van der Waals surface area contributed by atoms with Crippen molar-refractivity contribution in [3.8, 4) is 0 Å². The summed E-state index contributed by atoms with van der Waals surface area (Å²) < 4.78 is 0. The van der Waals surface area contributed by atoms with Crippen molar-refractivity contribution in [1.29, 1.82) is 0 Å². The van der Waals surface area contributed by atoms with Crippen LogP contribution in [0.1, 0.15) is 11.4 Å². The number of imidazole rings is 1. The largest absolute Gasteiger partial charge is 0.345 e. The van der Waals surface area contributed by atoms with Gasteiger partial charge in [0.15, 0.2) is 5.17 Å². The number of amidine groups is 1. The fourth-order valence-corrected chi connectivity index (χ4v) is 2.59. The number of aliphatic imine (C=N–C) groups is 1. The van der Waals surface area contributed by atoms with Gasteiger partial charge in [-0.2, -0.15) is 0 Å². The predicted octanol–water partition coefficient (Wildman–Crippen LogP) is 2.61. The minimum absolute atomic E-state index is 0.155. The zero-order chi connectivity index (χ0) is 13.9. The van der Waals surface area contributed by atoms with Gasteiger partial charge < -0.3 is 10.3 Å². The molecule has 5 nitrogen and oxygen atoms in total. The molecule has 3 rings (SSSR count). The van der Waals surface area contributed by atoms with Gasteiger partial charge in [-0.05, 0) is 36.4 Å². The highest BCUT2D eigenvalue weighted by Crippen LogP contribution is 2.27. The highest BCUT2D eigenvalue weighted by molar-refractivity contribution is 8.18. The molecule has 1 aromatic heterocycles. The SMILES string of the molecule is Cc1cccc(N=C2NC(=O)C(=Cc3ncc[nH]3)S2)c1. The van der Waals surface area contributed by atoms with Crippen molar-refractivity contribution in [3.63, 3.8) is 0 Å². The fraction of sp³-hybridized carbons (Fsp3) is 0.0714. The number of aromatic amines is 1. The average Bonchev–Trinajstić information content (AvgIpc) is 3.01. The number of nitrogens with zero attached hydrogens (tertiary/aromatic N) is 2. The van der Waals surface area contributed by atoms with E-state index in [9.17, 15) is 4.79 Å². The van der Waals surface area contributed by atoms with Gasteiger partial charge in [-0.15, -0.1) is 0 Å². The minimum atomic E-state index is -0.155. The third kappa shape index (κ3) is 2.80. The van der Waals surface area contributed by atoms with Gasteiger partial charge >= 0.3 is 0 Å². The molecule has 2 aromatic rings. The number of aryl methyl sites for hydroxylation is 1. The third-order valence-corrected chi connectivity index (χ3v) is 3.58. The summed E-state index contributed by atoms with van der Waals surface area (Å²) in [6, 6.07) is 7.82. The van der Waals surface area contributed by atoms with Gasteiger partial charge in [-0.1, -0.05) is 12.1 Å². The minimum Gasteiger partial charge on any atom is -0.345 e. The van der Waals surface area contributed by atoms with E-state index in [0.717, 1.165) is 11.3 Å². The van der Waals surface area contributed by atoms with E-state index in [0.29, 0.717) is 15.9 Å². The summed E-state index contributed by atoms with van der Waals surface area (Å²) in [6.45, 7) is 2.01. The van der Waals surface area contributed by atoms with Gasteiger partial charge in [0.05, 0.1) is 10.6 Å². The van der Waals surface area contributed by atoms with Crippen LogP contribution in [-0.4, -0.2) is 21.0 Å². The molecule has 0 atom stereocenters. The van der Waals surface area contributed by atoms with Crippen LogP contribution in [0.15, 0.2) is 46.6 Å². The molecule has 2 heterocycles. The van der Waals surface area contributed by atoms with Gasteiger partial charge in [0, 0.05) is 18.5 Å². The lowest BCUT2D eigenvalue weighted by Crippen LogP contribution is -2.19. The number of H-pyrrole nitrogens is 1. The average molecular weight is 284 g/mol. The molecule has 20 heavy (non-hydrogen) atoms. The number of aromatic nitrogens is 2. The summed E-state index contributed by atoms with van der Waals surface area (Å²) in [5.41, 5.74) is 1.96. The fourth-order valence-electron chi connectivity index (χ4n) is 1.78. The Morgan fingerprint density at radius 1 is 1.40 bits per heavy atom. The quantitative estimate of drug-likeness (QED) is 0.833. The first-order chi connectivity index (χ1) is 9.70. The summed E-state index contributed by atoms with van der Waals surface area (Å²) in [4.78, 5) is 23.9. The Balaban J connectivity index is 1.83. The van der Waals surface area contributed by atoms with E-state index < -0.39 is 0 Å². The van der Waals surface area contributed by atoms with Crippen molar-refractivity contribution >= 4 is 34.6 Å². The Morgan fingerprint density at radius 3 is 3.05 bits per heavy atom. The molecule has 1 aliphatic rings. The number of benzene rings is 1. The van der Waals surface area contributed by atoms with Crippen LogP contribution >= 0.6 is 11.8 Å². The second kappa shape index (κ2) is 5.34. The van der Waals surface area contributed by atoms with Crippen LogP contribution in [0.4, 0.5) is 5.69 Å². The molecule has 0 bridgehead atoms. The molecule has 1 aromatic carbocycles. The molecule has 6 heteroatoms. The molecule has 0 spiro atoms. The third-order valence-electron chi connectivity index (χ3n) is 2.67. The standard InChI is InChI=1S/C14H12N4OS/c1-9-3-2-4-10(7-9)17-14-18-13(19)11(20-14)8-12-15-5-6-16-12/h2-8H,1H3,(H,15,16)(H,17,18,19). The molecule has 1 amide bonds. The van der Waals surface area contributed by atoms with Crippen molar-refractivity contribution in [1.82, 2.24) is 15.3 Å². The predicted molar refractivity (Wildman–Crippen MR) is 80.6 cm³/mol. The molecular formula is C14H12N4OS. The molecule has 1 saturated heterocycles. The highest BCUT2D eigenvalue weighted by atomic mass is 32.2. The van der Waals surface area contributed by atoms with Crippen LogP contribution in [0, 0.1) is 6.92 Å². The van der Waals surface area contributed by atoms with Crippen molar-refractivity contribution < 1.29 is 4.79 Å². The van der Waals surface area contributed by atoms with E-state index >= 15 is 0 Å². The molecule has 1 aliphatic heterocycles. The van der Waals surface area contributed by atoms with Gasteiger partial charge in [0.1, 0.15) is 5.82 Å². The van der Waals surface area contributed by atoms with Crippen molar-refractivity contribution in [2.24, 2.45) is 4.99 Å². The van der Waals surface area contributed by atoms with Crippen LogP contribution < -0.4 is 5.32 Å². The Kier molecular flexibility index (Phi) is 3.39. The van der Waals surface area contributed by atoms with E-state index in [1.807, 2.05) is 31.2 Å². The van der Waals surface area contributed by atoms with Crippen LogP contribution in [-0.2, 0) is 4.79 Å². The van der Waals surface area contributed by atoms with Gasteiger partial charge in [-0.3, -0.25) is 4.79 Å². The van der Waals surface area contributed by atoms with Crippen molar-refractivity contribution in [2.75, 3.05) is 0 Å². The zero-order valence-electron chi connectivity index (χ0n) is 10.8. The molecular weight excluding hydrogens is 272 g/mol. The van der Waals surface area contributed by atoms with Gasteiger partial charge in [0.25, 0.3) is 5.91 Å². The van der Waals surface area contributed by atoms with Crippen LogP contribution in [0.3, 0.4) is 0 Å². The van der Waals surface area contributed by atoms with Gasteiger partial charge in [0.2, 0.25) is 0 Å². The Labute approximate surface area is 120 Å². The number of thioether (sulfide) groups is 1. The van der Waals surface area contributed by atoms with E-state index in [-0.39, 0.29) is 5.91 Å². The number of carbonyl (C=O) groups is 1. The summed E-state index contributed by atoms with van der Waals surface area (Å²) >= 11 is 1.31. The zero-order valence-corrected chi connectivity index (χ0v) is 11.6. The number of hydrogen-bond acceptors (Lipinski definition) is 4. The molecule has 0 saturated carbocycles. The second-order valence-electron chi connectivity index (χ2n) is 4.30. The summed E-state index contributed by atoms with van der Waals surface area (Å²) in [5, 5.41) is 3.33. The van der Waals surface area contributed by atoms with Crippen LogP contribution in [0.25, 0.3) is 6.08 Å². The van der Waals surface area contributed by atoms with E-state index in [1.54, 1.807) is 18.5 Å². The van der Waals surface area contributed by atoms with Crippen LogP contribution in [0.5, 0.6) is 0 Å². The van der Waals surface area contributed by atoms with E-state index in [4.69, 9.17) is 0 Å². The summed E-state index contributed by atoms with van der Waals surface area (Å²) in [7, 11) is 0. The number of rotatable bonds is 2. The molecule has 0 unspecified atom stereocenters. The van der Waals surface area contributed by atoms with Crippen molar-refractivity contribution in [3.05, 3.63) is 53.0 Å². The molecule has 1 fully saturated rings. The molecule has 0 radical (unpaired) electrons. The maximum absolute atomic E-state index is 11.8. The second-order valence-corrected chi connectivity index (χ2v) is 5.33.